The van der Waals surface area contributed by atoms with Crippen LogP contribution in [-0.2, 0) is 16.6 Å². The van der Waals surface area contributed by atoms with Crippen LogP contribution in [0, 0.1) is 5.92 Å². The normalized spacial score (nSPS) is 16.1. The summed E-state index contributed by atoms with van der Waals surface area (Å²) in [7, 11) is -3.35. The molecule has 6 nitrogen and oxygen atoms in total. The summed E-state index contributed by atoms with van der Waals surface area (Å²) in [5.41, 5.74) is 0.697. The van der Waals surface area contributed by atoms with Crippen molar-refractivity contribution >= 4 is 27.3 Å². The molecule has 0 spiro atoms. The van der Waals surface area contributed by atoms with E-state index in [1.54, 1.807) is 18.3 Å². The highest BCUT2D eigenvalue weighted by Gasteiger charge is 2.27. The molecule has 2 aromatic heterocycles. The average Bonchev–Trinajstić information content (AvgIpc) is 3.15. The number of hydrogen-bond acceptors (Lipinski definition) is 5. The first-order valence-electron chi connectivity index (χ1n) is 8.23. The van der Waals surface area contributed by atoms with E-state index in [0.29, 0.717) is 31.6 Å². The third kappa shape index (κ3) is 5.10. The fraction of sp³-hybridized carbons (Fsp3) is 0.412. The van der Waals surface area contributed by atoms with Crippen molar-refractivity contribution in [2.45, 2.75) is 19.4 Å². The Morgan fingerprint density at radius 1 is 1.24 bits per heavy atom. The first-order chi connectivity index (χ1) is 12.0. The lowest BCUT2D eigenvalue weighted by Gasteiger charge is -2.31. The minimum absolute atomic E-state index is 0.0459. The van der Waals surface area contributed by atoms with E-state index < -0.39 is 10.0 Å². The lowest BCUT2D eigenvalue weighted by Crippen LogP contribution is -2.41. The number of thiophene rings is 1. The number of hydrogen-bond donors (Lipinski definition) is 1. The van der Waals surface area contributed by atoms with Crippen LogP contribution < -0.4 is 4.72 Å². The van der Waals surface area contributed by atoms with E-state index in [2.05, 4.69) is 9.71 Å². The summed E-state index contributed by atoms with van der Waals surface area (Å²) >= 11 is 1.44. The molecule has 0 bridgehead atoms. The topological polar surface area (TPSA) is 79.4 Å². The van der Waals surface area contributed by atoms with Gasteiger partial charge < -0.3 is 4.90 Å². The highest BCUT2D eigenvalue weighted by molar-refractivity contribution is 7.89. The van der Waals surface area contributed by atoms with E-state index in [1.807, 2.05) is 28.5 Å². The number of piperidine rings is 1. The molecule has 0 aliphatic carbocycles. The highest BCUT2D eigenvalue weighted by Crippen LogP contribution is 2.21. The number of carbonyl (C=O) groups excluding carboxylic acids is 1. The van der Waals surface area contributed by atoms with Gasteiger partial charge in [-0.2, -0.15) is 0 Å². The number of nitrogens with zero attached hydrogens (tertiary/aromatic N) is 2. The largest absolute Gasteiger partial charge is 0.338 e. The number of likely N-dealkylation sites (tertiary alicyclic amines) is 1. The maximum atomic E-state index is 12.3. The quantitative estimate of drug-likeness (QED) is 0.834. The lowest BCUT2D eigenvalue weighted by atomic mass is 9.99. The fourth-order valence-corrected chi connectivity index (χ4v) is 5.05. The van der Waals surface area contributed by atoms with E-state index in [9.17, 15) is 13.2 Å². The molecule has 0 atom stereocenters. The number of rotatable bonds is 6. The second-order valence-electron chi connectivity index (χ2n) is 6.14. The molecule has 0 saturated carbocycles. The second-order valence-corrected chi connectivity index (χ2v) is 8.94. The van der Waals surface area contributed by atoms with E-state index in [0.717, 1.165) is 4.88 Å². The van der Waals surface area contributed by atoms with Crippen LogP contribution in [0.25, 0.3) is 0 Å². The third-order valence-corrected chi connectivity index (χ3v) is 6.64. The molecule has 1 aliphatic heterocycles. The summed E-state index contributed by atoms with van der Waals surface area (Å²) in [5, 5.41) is 1.89. The van der Waals surface area contributed by atoms with Crippen molar-refractivity contribution in [2.24, 2.45) is 5.92 Å². The van der Waals surface area contributed by atoms with Crippen LogP contribution in [0.2, 0.25) is 0 Å². The van der Waals surface area contributed by atoms with Crippen molar-refractivity contribution in [2.75, 3.05) is 18.8 Å². The van der Waals surface area contributed by atoms with E-state index in [-0.39, 0.29) is 24.1 Å². The van der Waals surface area contributed by atoms with Gasteiger partial charge in [-0.15, -0.1) is 11.3 Å². The Kier molecular flexibility index (Phi) is 5.82. The molecule has 3 rings (SSSR count). The number of pyridine rings is 1. The predicted octanol–water partition coefficient (Wildman–Crippen LogP) is 2.11. The molecule has 1 saturated heterocycles. The molecule has 0 aromatic carbocycles. The highest BCUT2D eigenvalue weighted by atomic mass is 32.2. The van der Waals surface area contributed by atoms with Crippen LogP contribution in [0.4, 0.5) is 0 Å². The Bertz CT molecular complexity index is 784. The van der Waals surface area contributed by atoms with Gasteiger partial charge in [0.05, 0.1) is 22.9 Å². The summed E-state index contributed by atoms with van der Waals surface area (Å²) < 4.78 is 27.1. The Labute approximate surface area is 151 Å². The third-order valence-electron chi connectivity index (χ3n) is 4.29. The van der Waals surface area contributed by atoms with Crippen molar-refractivity contribution in [3.8, 4) is 0 Å². The number of amides is 1. The van der Waals surface area contributed by atoms with E-state index >= 15 is 0 Å². The minimum atomic E-state index is -3.35. The van der Waals surface area contributed by atoms with Crippen LogP contribution in [-0.4, -0.2) is 43.1 Å². The van der Waals surface area contributed by atoms with Gasteiger partial charge in [0, 0.05) is 19.3 Å². The zero-order chi connectivity index (χ0) is 17.7. The van der Waals surface area contributed by atoms with Gasteiger partial charge in [-0.25, -0.2) is 13.1 Å². The van der Waals surface area contributed by atoms with Gasteiger partial charge >= 0.3 is 0 Å². The Hall–Kier alpha value is -1.77. The lowest BCUT2D eigenvalue weighted by molar-refractivity contribution is 0.0703. The molecular weight excluding hydrogens is 358 g/mol. The monoisotopic (exact) mass is 379 g/mol. The van der Waals surface area contributed by atoms with Crippen LogP contribution in [0.15, 0.2) is 41.9 Å². The van der Waals surface area contributed by atoms with Crippen molar-refractivity contribution in [1.82, 2.24) is 14.6 Å². The Morgan fingerprint density at radius 2 is 2.04 bits per heavy atom. The molecule has 8 heteroatoms. The second kappa shape index (κ2) is 8.07. The molecular formula is C17H21N3O3S2. The van der Waals surface area contributed by atoms with Gasteiger partial charge in [0.15, 0.2) is 0 Å². The van der Waals surface area contributed by atoms with Crippen molar-refractivity contribution in [1.29, 1.82) is 0 Å². The molecule has 0 radical (unpaired) electrons. The standard InChI is InChI=1S/C17H21N3O3S2/c21-17(16-5-3-11-24-16)20-9-6-14(7-10-20)13-25(22,23)19-12-15-4-1-2-8-18-15/h1-5,8,11,14,19H,6-7,9-10,12-13H2. The summed E-state index contributed by atoms with van der Waals surface area (Å²) in [4.78, 5) is 19.0. The SMILES string of the molecule is O=C(c1cccs1)N1CCC(CS(=O)(=O)NCc2ccccn2)CC1. The van der Waals surface area contributed by atoms with E-state index in [4.69, 9.17) is 0 Å². The number of aromatic nitrogens is 1. The van der Waals surface area contributed by atoms with Crippen LogP contribution in [0.1, 0.15) is 28.2 Å². The molecule has 1 aliphatic rings. The summed E-state index contributed by atoms with van der Waals surface area (Å²) in [6.45, 7) is 1.42. The van der Waals surface area contributed by atoms with Crippen LogP contribution in [0.3, 0.4) is 0 Å². The molecule has 1 fully saturated rings. The molecule has 2 aromatic rings. The van der Waals surface area contributed by atoms with Gasteiger partial charge in [-0.05, 0) is 42.3 Å². The molecule has 25 heavy (non-hydrogen) atoms. The number of nitrogens with one attached hydrogen (secondary N) is 1. The van der Waals surface area contributed by atoms with Crippen LogP contribution >= 0.6 is 11.3 Å². The average molecular weight is 380 g/mol. The Balaban J connectivity index is 1.47. The summed E-state index contributed by atoms with van der Waals surface area (Å²) in [6, 6.07) is 9.10. The van der Waals surface area contributed by atoms with Crippen molar-refractivity contribution < 1.29 is 13.2 Å². The Morgan fingerprint density at radius 3 is 2.68 bits per heavy atom. The molecule has 3 heterocycles. The van der Waals surface area contributed by atoms with Gasteiger partial charge in [0.2, 0.25) is 10.0 Å². The van der Waals surface area contributed by atoms with Gasteiger partial charge in [0.25, 0.3) is 5.91 Å². The zero-order valence-corrected chi connectivity index (χ0v) is 15.4. The predicted molar refractivity (Wildman–Crippen MR) is 97.8 cm³/mol. The first kappa shape index (κ1) is 18.0. The smallest absolute Gasteiger partial charge is 0.263 e. The van der Waals surface area contributed by atoms with Crippen molar-refractivity contribution in [3.63, 3.8) is 0 Å². The van der Waals surface area contributed by atoms with Gasteiger partial charge in [-0.3, -0.25) is 9.78 Å². The van der Waals surface area contributed by atoms with Crippen molar-refractivity contribution in [3.05, 3.63) is 52.5 Å². The number of sulfonamides is 1. The summed E-state index contributed by atoms with van der Waals surface area (Å²) in [6.07, 6.45) is 3.06. The maximum absolute atomic E-state index is 12.3. The summed E-state index contributed by atoms with van der Waals surface area (Å²) in [5.74, 6) is 0.221. The number of carbonyl (C=O) groups is 1. The van der Waals surface area contributed by atoms with Gasteiger partial charge in [0.1, 0.15) is 0 Å². The van der Waals surface area contributed by atoms with E-state index in [1.165, 1.54) is 11.3 Å². The fourth-order valence-electron chi connectivity index (χ4n) is 2.91. The molecule has 1 amide bonds. The molecule has 0 unspecified atom stereocenters. The first-order valence-corrected chi connectivity index (χ1v) is 10.8. The van der Waals surface area contributed by atoms with Crippen LogP contribution in [0.5, 0.6) is 0 Å². The molecule has 1 N–H and O–H groups in total. The van der Waals surface area contributed by atoms with Gasteiger partial charge in [-0.1, -0.05) is 12.1 Å². The minimum Gasteiger partial charge on any atom is -0.338 e. The zero-order valence-electron chi connectivity index (χ0n) is 13.8. The molecule has 134 valence electrons. The maximum Gasteiger partial charge on any atom is 0.263 e.